The monoisotopic (exact) mass is 257 g/mol. The van der Waals surface area contributed by atoms with Gasteiger partial charge in [0.25, 0.3) is 5.91 Å². The number of nitrogens with one attached hydrogen (secondary N) is 1. The Morgan fingerprint density at radius 2 is 2.06 bits per heavy atom. The minimum atomic E-state index is -1.22. The Kier molecular flexibility index (Phi) is 3.47. The highest BCUT2D eigenvalue weighted by molar-refractivity contribution is 7.11. The third kappa shape index (κ3) is 3.00. The van der Waals surface area contributed by atoms with Gasteiger partial charge in [-0.3, -0.25) is 9.59 Å². The van der Waals surface area contributed by atoms with Crippen LogP contribution in [-0.4, -0.2) is 33.4 Å². The van der Waals surface area contributed by atoms with Crippen LogP contribution in [0, 0.1) is 0 Å². The second kappa shape index (κ2) is 4.50. The van der Waals surface area contributed by atoms with Crippen molar-refractivity contribution in [2.45, 2.75) is 19.4 Å². The van der Waals surface area contributed by atoms with Gasteiger partial charge in [-0.05, 0) is 13.8 Å². The summed E-state index contributed by atoms with van der Waals surface area (Å²) in [7, 11) is 0. The van der Waals surface area contributed by atoms with Gasteiger partial charge in [-0.2, -0.15) is 0 Å². The molecule has 0 aliphatic rings. The minimum Gasteiger partial charge on any atom is -0.476 e. The van der Waals surface area contributed by atoms with Crippen LogP contribution >= 0.6 is 11.3 Å². The molecule has 8 heteroatoms. The van der Waals surface area contributed by atoms with Crippen LogP contribution in [0.3, 0.4) is 0 Å². The summed E-state index contributed by atoms with van der Waals surface area (Å²) in [6.07, 6.45) is 0. The number of carboxylic acid groups (broad SMARTS) is 1. The van der Waals surface area contributed by atoms with Crippen molar-refractivity contribution >= 4 is 29.1 Å². The number of amides is 2. The summed E-state index contributed by atoms with van der Waals surface area (Å²) in [6.45, 7) is 2.89. The van der Waals surface area contributed by atoms with Gasteiger partial charge in [0.15, 0.2) is 10.7 Å². The Morgan fingerprint density at radius 3 is 2.47 bits per heavy atom. The van der Waals surface area contributed by atoms with Crippen molar-refractivity contribution in [1.29, 1.82) is 0 Å². The molecule has 0 radical (unpaired) electrons. The number of hydrogen-bond acceptors (Lipinski definition) is 5. The lowest BCUT2D eigenvalue weighted by atomic mass is 10.1. The van der Waals surface area contributed by atoms with Gasteiger partial charge in [0, 0.05) is 5.38 Å². The normalized spacial score (nSPS) is 10.9. The zero-order chi connectivity index (χ0) is 13.2. The Bertz CT molecular complexity index is 480. The highest BCUT2D eigenvalue weighted by Crippen LogP contribution is 2.11. The topological polar surface area (TPSA) is 122 Å². The molecular formula is C9H11N3O4S. The van der Waals surface area contributed by atoms with Crippen LogP contribution in [0.15, 0.2) is 5.38 Å². The molecule has 0 bridgehead atoms. The molecule has 4 N–H and O–H groups in total. The van der Waals surface area contributed by atoms with E-state index < -0.39 is 23.3 Å². The number of rotatable bonds is 4. The first-order valence-corrected chi connectivity index (χ1v) is 5.43. The summed E-state index contributed by atoms with van der Waals surface area (Å²) < 4.78 is 0. The van der Waals surface area contributed by atoms with Crippen molar-refractivity contribution in [2.24, 2.45) is 5.73 Å². The second-order valence-electron chi connectivity index (χ2n) is 3.79. The van der Waals surface area contributed by atoms with Gasteiger partial charge in [0.1, 0.15) is 5.54 Å². The van der Waals surface area contributed by atoms with Gasteiger partial charge in [-0.25, -0.2) is 9.78 Å². The number of aromatic carboxylic acids is 1. The summed E-state index contributed by atoms with van der Waals surface area (Å²) in [4.78, 5) is 36.8. The number of hydrogen-bond donors (Lipinski definition) is 3. The molecule has 1 aromatic rings. The number of aromatic nitrogens is 1. The van der Waals surface area contributed by atoms with Gasteiger partial charge < -0.3 is 16.2 Å². The van der Waals surface area contributed by atoms with E-state index in [0.717, 1.165) is 11.3 Å². The molecule has 1 rings (SSSR count). The molecule has 0 spiro atoms. The molecule has 1 aromatic heterocycles. The maximum atomic E-state index is 11.6. The van der Waals surface area contributed by atoms with Gasteiger partial charge in [-0.15, -0.1) is 11.3 Å². The number of carboxylic acids is 1. The minimum absolute atomic E-state index is 0.0308. The van der Waals surface area contributed by atoms with Crippen LogP contribution in [0.1, 0.15) is 34.1 Å². The molecule has 0 atom stereocenters. The molecule has 0 unspecified atom stereocenters. The number of carbonyl (C=O) groups is 3. The van der Waals surface area contributed by atoms with Crippen LogP contribution in [0.4, 0.5) is 0 Å². The van der Waals surface area contributed by atoms with Gasteiger partial charge in [-0.1, -0.05) is 0 Å². The van der Waals surface area contributed by atoms with E-state index in [1.165, 1.54) is 19.2 Å². The largest absolute Gasteiger partial charge is 0.476 e. The van der Waals surface area contributed by atoms with Crippen LogP contribution in [0.2, 0.25) is 0 Å². The molecule has 0 fully saturated rings. The molecule has 17 heavy (non-hydrogen) atoms. The third-order valence-corrected chi connectivity index (χ3v) is 2.80. The Hall–Kier alpha value is -1.96. The van der Waals surface area contributed by atoms with E-state index >= 15 is 0 Å². The first-order chi connectivity index (χ1) is 7.74. The zero-order valence-electron chi connectivity index (χ0n) is 9.18. The van der Waals surface area contributed by atoms with Crippen molar-refractivity contribution in [3.8, 4) is 0 Å². The first-order valence-electron chi connectivity index (χ1n) is 4.55. The average molecular weight is 257 g/mol. The van der Waals surface area contributed by atoms with Gasteiger partial charge in [0.05, 0.1) is 0 Å². The van der Waals surface area contributed by atoms with Crippen molar-refractivity contribution in [3.63, 3.8) is 0 Å². The van der Waals surface area contributed by atoms with Crippen LogP contribution in [0.5, 0.6) is 0 Å². The van der Waals surface area contributed by atoms with Crippen molar-refractivity contribution < 1.29 is 19.5 Å². The molecule has 0 aromatic carbocycles. The summed E-state index contributed by atoms with van der Waals surface area (Å²) in [5.74, 6) is -2.54. The molecular weight excluding hydrogens is 246 g/mol. The maximum absolute atomic E-state index is 11.6. The highest BCUT2D eigenvalue weighted by atomic mass is 32.1. The van der Waals surface area contributed by atoms with Crippen LogP contribution in [0.25, 0.3) is 0 Å². The number of primary amides is 1. The molecule has 0 saturated carbocycles. The molecule has 0 aliphatic carbocycles. The lowest BCUT2D eigenvalue weighted by Crippen LogP contribution is -2.53. The summed E-state index contributed by atoms with van der Waals surface area (Å²) in [6, 6.07) is 0. The molecule has 2 amide bonds. The zero-order valence-corrected chi connectivity index (χ0v) is 10.00. The lowest BCUT2D eigenvalue weighted by Gasteiger charge is -2.21. The van der Waals surface area contributed by atoms with Crippen molar-refractivity contribution in [2.75, 3.05) is 0 Å². The first kappa shape index (κ1) is 13.1. The number of thiazole rings is 1. The summed E-state index contributed by atoms with van der Waals surface area (Å²) in [5, 5.41) is 12.2. The van der Waals surface area contributed by atoms with E-state index in [9.17, 15) is 14.4 Å². The number of carbonyl (C=O) groups excluding carboxylic acids is 2. The third-order valence-electron chi connectivity index (χ3n) is 1.96. The Balaban J connectivity index is 2.83. The Morgan fingerprint density at radius 1 is 1.47 bits per heavy atom. The quantitative estimate of drug-likeness (QED) is 0.691. The van der Waals surface area contributed by atoms with E-state index in [1.807, 2.05) is 0 Å². The number of nitrogens with zero attached hydrogens (tertiary/aromatic N) is 1. The lowest BCUT2D eigenvalue weighted by molar-refractivity contribution is -0.122. The second-order valence-corrected chi connectivity index (χ2v) is 4.64. The van der Waals surface area contributed by atoms with E-state index in [2.05, 4.69) is 10.3 Å². The molecule has 1 heterocycles. The van der Waals surface area contributed by atoms with E-state index in [0.29, 0.717) is 0 Å². The highest BCUT2D eigenvalue weighted by Gasteiger charge is 2.28. The average Bonchev–Trinajstić information content (AvgIpc) is 2.65. The van der Waals surface area contributed by atoms with Gasteiger partial charge in [0.2, 0.25) is 5.91 Å². The van der Waals surface area contributed by atoms with Crippen LogP contribution in [-0.2, 0) is 4.79 Å². The summed E-state index contributed by atoms with van der Waals surface area (Å²) in [5.41, 5.74) is 3.66. The smallest absolute Gasteiger partial charge is 0.355 e. The predicted octanol–water partition coefficient (Wildman–Crippen LogP) is -0.165. The van der Waals surface area contributed by atoms with Crippen molar-refractivity contribution in [1.82, 2.24) is 10.3 Å². The molecule has 0 saturated heterocycles. The summed E-state index contributed by atoms with van der Waals surface area (Å²) >= 11 is 0.882. The maximum Gasteiger partial charge on any atom is 0.355 e. The van der Waals surface area contributed by atoms with Gasteiger partial charge >= 0.3 is 5.97 Å². The number of nitrogens with two attached hydrogens (primary N) is 1. The molecule has 0 aliphatic heterocycles. The fourth-order valence-electron chi connectivity index (χ4n) is 0.875. The fraction of sp³-hybridized carbons (Fsp3) is 0.333. The van der Waals surface area contributed by atoms with E-state index in [-0.39, 0.29) is 10.7 Å². The fourth-order valence-corrected chi connectivity index (χ4v) is 1.56. The van der Waals surface area contributed by atoms with Crippen LogP contribution < -0.4 is 11.1 Å². The molecule has 7 nitrogen and oxygen atoms in total. The van der Waals surface area contributed by atoms with Crippen molar-refractivity contribution in [3.05, 3.63) is 16.1 Å². The Labute approximate surface area is 101 Å². The molecule has 92 valence electrons. The van der Waals surface area contributed by atoms with E-state index in [1.54, 1.807) is 0 Å². The standard InChI is InChI=1S/C9H11N3O4S/c1-9(2,8(10)16)12-5(13)6-11-4(3-17-6)7(14)15/h3H,1-2H3,(H2,10,16)(H,12,13)(H,14,15). The van der Waals surface area contributed by atoms with E-state index in [4.69, 9.17) is 10.8 Å². The predicted molar refractivity (Wildman–Crippen MR) is 59.8 cm³/mol. The SMILES string of the molecule is CC(C)(NC(=O)c1nc(C(=O)O)cs1)C(N)=O.